The van der Waals surface area contributed by atoms with Gasteiger partial charge in [-0.15, -0.1) is 0 Å². The van der Waals surface area contributed by atoms with Gasteiger partial charge in [0.25, 0.3) is 0 Å². The Morgan fingerprint density at radius 1 is 1.10 bits per heavy atom. The second kappa shape index (κ2) is 7.00. The van der Waals surface area contributed by atoms with E-state index in [-0.39, 0.29) is 17.7 Å². The van der Waals surface area contributed by atoms with E-state index in [1.807, 2.05) is 54.3 Å². The van der Waals surface area contributed by atoms with Gasteiger partial charge in [-0.25, -0.2) is 4.98 Å². The average molecular weight is 406 g/mol. The summed E-state index contributed by atoms with van der Waals surface area (Å²) in [5.41, 5.74) is 0.242. The van der Waals surface area contributed by atoms with E-state index in [0.29, 0.717) is 32.6 Å². The van der Waals surface area contributed by atoms with Gasteiger partial charge in [0.15, 0.2) is 5.72 Å². The van der Waals surface area contributed by atoms with Crippen LogP contribution in [0.5, 0.6) is 5.75 Å². The van der Waals surface area contributed by atoms with Crippen molar-refractivity contribution in [2.75, 3.05) is 38.1 Å². The van der Waals surface area contributed by atoms with Crippen LogP contribution in [-0.2, 0) is 9.59 Å². The molecule has 156 valence electrons. The van der Waals surface area contributed by atoms with Crippen molar-refractivity contribution < 1.29 is 14.3 Å². The summed E-state index contributed by atoms with van der Waals surface area (Å²) in [5, 5.41) is 0. The molecule has 3 aliphatic heterocycles. The van der Waals surface area contributed by atoms with E-state index in [2.05, 4.69) is 9.88 Å². The lowest BCUT2D eigenvalue weighted by molar-refractivity contribution is -0.174. The Labute approximate surface area is 176 Å². The van der Waals surface area contributed by atoms with E-state index < -0.39 is 11.6 Å². The number of piperidine rings is 1. The highest BCUT2D eigenvalue weighted by Crippen LogP contribution is 2.50. The third-order valence-corrected chi connectivity index (χ3v) is 6.79. The number of aromatic nitrogens is 1. The van der Waals surface area contributed by atoms with Crippen LogP contribution in [0.15, 0.2) is 48.7 Å². The van der Waals surface area contributed by atoms with Crippen LogP contribution >= 0.6 is 0 Å². The molecule has 2 saturated heterocycles. The molecule has 0 radical (unpaired) electrons. The topological polar surface area (TPSA) is 66.0 Å². The Morgan fingerprint density at radius 2 is 1.83 bits per heavy atom. The summed E-state index contributed by atoms with van der Waals surface area (Å²) < 4.78 is 6.18. The molecular weight excluding hydrogens is 380 g/mol. The molecule has 0 aliphatic carbocycles. The summed E-state index contributed by atoms with van der Waals surface area (Å²) in [6.07, 6.45) is 2.40. The summed E-state index contributed by atoms with van der Waals surface area (Å²) in [7, 11) is 1.74. The molecule has 7 nitrogen and oxygen atoms in total. The predicted octanol–water partition coefficient (Wildman–Crippen LogP) is 2.10. The highest BCUT2D eigenvalue weighted by atomic mass is 16.5. The van der Waals surface area contributed by atoms with Crippen LogP contribution in [0.3, 0.4) is 0 Å². The van der Waals surface area contributed by atoms with Crippen molar-refractivity contribution in [3.05, 3.63) is 54.2 Å². The second-order valence-electron chi connectivity index (χ2n) is 8.50. The third kappa shape index (κ3) is 2.91. The van der Waals surface area contributed by atoms with E-state index in [0.717, 1.165) is 17.1 Å². The molecule has 2 aromatic rings. The maximum absolute atomic E-state index is 13.6. The standard InChI is InChI=1S/C23H26N4O3/c1-23-15-17(16-7-3-4-8-18(16)30-23)20(21(28)25(23)2)22(29)27-13-11-26(12-14-27)19-9-5-6-10-24-19/h3-10,17,20H,11-15H2,1-2H3/t17-,20-,23-/m0/s1. The second-order valence-corrected chi connectivity index (χ2v) is 8.50. The zero-order valence-electron chi connectivity index (χ0n) is 17.3. The SMILES string of the molecule is CN1C(=O)[C@@H](C(=O)N2CCN(c3ccccn3)CC2)[C@H]2C[C@]1(C)Oc1ccccc12. The quantitative estimate of drug-likeness (QED) is 0.715. The molecule has 7 heteroatoms. The Kier molecular flexibility index (Phi) is 4.41. The number of hydrogen-bond acceptors (Lipinski definition) is 5. The molecule has 0 spiro atoms. The molecule has 30 heavy (non-hydrogen) atoms. The number of pyridine rings is 1. The summed E-state index contributed by atoms with van der Waals surface area (Å²) >= 11 is 0. The number of ether oxygens (including phenoxy) is 1. The molecule has 0 unspecified atom stereocenters. The highest BCUT2D eigenvalue weighted by molar-refractivity contribution is 6.02. The van der Waals surface area contributed by atoms with Crippen LogP contribution in [0.25, 0.3) is 0 Å². The minimum Gasteiger partial charge on any atom is -0.468 e. The van der Waals surface area contributed by atoms with Crippen molar-refractivity contribution in [3.63, 3.8) is 0 Å². The Balaban J connectivity index is 1.39. The van der Waals surface area contributed by atoms with Crippen molar-refractivity contribution in [1.29, 1.82) is 0 Å². The number of piperazine rings is 1. The Hall–Kier alpha value is -3.09. The van der Waals surface area contributed by atoms with Crippen molar-refractivity contribution in [1.82, 2.24) is 14.8 Å². The van der Waals surface area contributed by atoms with Crippen LogP contribution in [0.2, 0.25) is 0 Å². The number of anilines is 1. The molecule has 2 bridgehead atoms. The van der Waals surface area contributed by atoms with Gasteiger partial charge in [0.1, 0.15) is 17.5 Å². The number of amides is 2. The lowest BCUT2D eigenvalue weighted by Crippen LogP contribution is -2.64. The number of likely N-dealkylation sites (tertiary alicyclic amines) is 1. The van der Waals surface area contributed by atoms with Gasteiger partial charge in [0, 0.05) is 51.8 Å². The summed E-state index contributed by atoms with van der Waals surface area (Å²) in [6.45, 7) is 4.53. The number of para-hydroxylation sites is 1. The lowest BCUT2D eigenvalue weighted by atomic mass is 9.73. The van der Waals surface area contributed by atoms with Gasteiger partial charge in [0.2, 0.25) is 11.8 Å². The summed E-state index contributed by atoms with van der Waals surface area (Å²) in [6, 6.07) is 13.6. The number of rotatable bonds is 2. The number of benzene rings is 1. The number of carbonyl (C=O) groups excluding carboxylic acids is 2. The first-order valence-corrected chi connectivity index (χ1v) is 10.5. The van der Waals surface area contributed by atoms with Gasteiger partial charge in [-0.1, -0.05) is 24.3 Å². The van der Waals surface area contributed by atoms with E-state index >= 15 is 0 Å². The van der Waals surface area contributed by atoms with E-state index in [1.165, 1.54) is 0 Å². The molecule has 1 aromatic heterocycles. The minimum atomic E-state index is -0.718. The molecule has 3 atom stereocenters. The number of hydrogen-bond donors (Lipinski definition) is 0. The maximum atomic E-state index is 13.6. The number of nitrogens with zero attached hydrogens (tertiary/aromatic N) is 4. The summed E-state index contributed by atoms with van der Waals surface area (Å²) in [5.74, 6) is 0.608. The zero-order valence-corrected chi connectivity index (χ0v) is 17.3. The monoisotopic (exact) mass is 406 g/mol. The molecule has 4 heterocycles. The van der Waals surface area contributed by atoms with E-state index in [9.17, 15) is 9.59 Å². The van der Waals surface area contributed by atoms with Gasteiger partial charge >= 0.3 is 0 Å². The van der Waals surface area contributed by atoms with Gasteiger partial charge in [-0.2, -0.15) is 0 Å². The van der Waals surface area contributed by atoms with Crippen LogP contribution in [0.4, 0.5) is 5.82 Å². The van der Waals surface area contributed by atoms with Crippen LogP contribution in [0.1, 0.15) is 24.8 Å². The maximum Gasteiger partial charge on any atom is 0.238 e. The summed E-state index contributed by atoms with van der Waals surface area (Å²) in [4.78, 5) is 36.9. The van der Waals surface area contributed by atoms with Crippen LogP contribution < -0.4 is 9.64 Å². The first kappa shape index (κ1) is 18.9. The van der Waals surface area contributed by atoms with E-state index in [4.69, 9.17) is 4.74 Å². The van der Waals surface area contributed by atoms with Crippen LogP contribution in [0, 0.1) is 5.92 Å². The third-order valence-electron chi connectivity index (χ3n) is 6.79. The fraction of sp³-hybridized carbons (Fsp3) is 0.435. The highest BCUT2D eigenvalue weighted by Gasteiger charge is 2.55. The molecule has 5 rings (SSSR count). The van der Waals surface area contributed by atoms with Gasteiger partial charge in [-0.05, 0) is 30.7 Å². The Morgan fingerprint density at radius 3 is 2.57 bits per heavy atom. The normalized spacial score (nSPS) is 28.1. The van der Waals surface area contributed by atoms with Crippen molar-refractivity contribution in [2.45, 2.75) is 25.0 Å². The van der Waals surface area contributed by atoms with Crippen molar-refractivity contribution >= 4 is 17.6 Å². The smallest absolute Gasteiger partial charge is 0.238 e. The van der Waals surface area contributed by atoms with Crippen LogP contribution in [-0.4, -0.2) is 65.5 Å². The Bertz CT molecular complexity index is 973. The average Bonchev–Trinajstić information content (AvgIpc) is 2.78. The fourth-order valence-electron chi connectivity index (χ4n) is 4.96. The molecule has 2 fully saturated rings. The van der Waals surface area contributed by atoms with Gasteiger partial charge in [0.05, 0.1) is 0 Å². The molecular formula is C23H26N4O3. The fourth-order valence-corrected chi connectivity index (χ4v) is 4.96. The van der Waals surface area contributed by atoms with Gasteiger partial charge < -0.3 is 19.4 Å². The molecule has 0 saturated carbocycles. The van der Waals surface area contributed by atoms with Crippen molar-refractivity contribution in [3.8, 4) is 5.75 Å². The van der Waals surface area contributed by atoms with Crippen molar-refractivity contribution in [2.24, 2.45) is 5.92 Å². The first-order valence-electron chi connectivity index (χ1n) is 10.5. The minimum absolute atomic E-state index is 0.0729. The zero-order chi connectivity index (χ0) is 20.9. The molecule has 1 aromatic carbocycles. The number of fused-ring (bicyclic) bond motifs is 4. The predicted molar refractivity (Wildman–Crippen MR) is 112 cm³/mol. The van der Waals surface area contributed by atoms with E-state index in [1.54, 1.807) is 18.1 Å². The lowest BCUT2D eigenvalue weighted by Gasteiger charge is -2.52. The number of carbonyl (C=O) groups is 2. The molecule has 2 amide bonds. The molecule has 3 aliphatic rings. The largest absolute Gasteiger partial charge is 0.468 e. The molecule has 0 N–H and O–H groups in total. The van der Waals surface area contributed by atoms with Gasteiger partial charge in [-0.3, -0.25) is 9.59 Å². The first-order chi connectivity index (χ1) is 14.5.